The summed E-state index contributed by atoms with van der Waals surface area (Å²) in [4.78, 5) is 17.8. The number of sulfonamides is 1. The molecule has 3 rings (SSSR count). The monoisotopic (exact) mass is 399 g/mol. The maximum Gasteiger partial charge on any atom is 0.278 e. The molecule has 1 saturated heterocycles. The molecule has 1 aromatic carbocycles. The molecule has 0 saturated carbocycles. The number of piperazine rings is 1. The topological polar surface area (TPSA) is 99.3 Å². The summed E-state index contributed by atoms with van der Waals surface area (Å²) in [5, 5.41) is 5.75. The first-order chi connectivity index (χ1) is 11.0. The van der Waals surface area contributed by atoms with Crippen LogP contribution in [0.4, 0.5) is 0 Å². The number of aromatic nitrogens is 3. The van der Waals surface area contributed by atoms with E-state index in [0.29, 0.717) is 18.7 Å². The fraction of sp³-hybridized carbons (Fsp3) is 0.308. The Hall–Kier alpha value is -1.78. The molecule has 0 atom stereocenters. The second-order valence-electron chi connectivity index (χ2n) is 4.97. The molecule has 1 aromatic heterocycles. The van der Waals surface area contributed by atoms with Crippen molar-refractivity contribution in [2.24, 2.45) is 0 Å². The molecule has 0 spiro atoms. The van der Waals surface area contributed by atoms with Gasteiger partial charge in [-0.25, -0.2) is 18.5 Å². The Kier molecular flexibility index (Phi) is 4.46. The average Bonchev–Trinajstić information content (AvgIpc) is 3.10. The summed E-state index contributed by atoms with van der Waals surface area (Å²) in [5.41, 5.74) is 0.569. The first kappa shape index (κ1) is 16.1. The van der Waals surface area contributed by atoms with Crippen LogP contribution in [0.1, 0.15) is 10.4 Å². The standard InChI is InChI=1S/C13H14BrN5O3S/c14-11-4-2-1-3-10(11)12(20)18-5-7-19(8-6-18)23(21,22)13-15-9-16-17-13/h1-4,9H,5-8H2,(H,15,16,17). The molecule has 0 aliphatic carbocycles. The van der Waals surface area contributed by atoms with Gasteiger partial charge < -0.3 is 4.90 Å². The lowest BCUT2D eigenvalue weighted by molar-refractivity contribution is 0.0696. The van der Waals surface area contributed by atoms with Gasteiger partial charge in [-0.1, -0.05) is 12.1 Å². The number of H-pyrrole nitrogens is 1. The minimum Gasteiger partial charge on any atom is -0.336 e. The van der Waals surface area contributed by atoms with Crippen molar-refractivity contribution in [3.05, 3.63) is 40.6 Å². The molecular formula is C13H14BrN5O3S. The molecule has 1 fully saturated rings. The van der Waals surface area contributed by atoms with Gasteiger partial charge in [0.2, 0.25) is 0 Å². The SMILES string of the molecule is O=C(c1ccccc1Br)N1CCN(S(=O)(=O)c2ncn[nH]2)CC1. The molecule has 8 nitrogen and oxygen atoms in total. The predicted molar refractivity (Wildman–Crippen MR) is 85.2 cm³/mol. The third kappa shape index (κ3) is 3.14. The van der Waals surface area contributed by atoms with Gasteiger partial charge in [0.15, 0.2) is 0 Å². The molecule has 2 aromatic rings. The molecule has 23 heavy (non-hydrogen) atoms. The van der Waals surface area contributed by atoms with Crippen LogP contribution in [0.3, 0.4) is 0 Å². The largest absolute Gasteiger partial charge is 0.336 e. The van der Waals surface area contributed by atoms with E-state index in [4.69, 9.17) is 0 Å². The van der Waals surface area contributed by atoms with E-state index in [2.05, 4.69) is 31.1 Å². The van der Waals surface area contributed by atoms with Crippen LogP contribution >= 0.6 is 15.9 Å². The van der Waals surface area contributed by atoms with Crippen molar-refractivity contribution in [1.29, 1.82) is 0 Å². The van der Waals surface area contributed by atoms with Crippen LogP contribution in [0.15, 0.2) is 40.2 Å². The smallest absolute Gasteiger partial charge is 0.278 e. The zero-order valence-electron chi connectivity index (χ0n) is 12.0. The Morgan fingerprint density at radius 3 is 2.48 bits per heavy atom. The van der Waals surface area contributed by atoms with Crippen LogP contribution in [-0.4, -0.2) is 64.9 Å². The van der Waals surface area contributed by atoms with E-state index in [1.54, 1.807) is 23.1 Å². The second kappa shape index (κ2) is 6.38. The first-order valence-electron chi connectivity index (χ1n) is 6.89. The fourth-order valence-corrected chi connectivity index (χ4v) is 4.07. The minimum atomic E-state index is -3.68. The van der Waals surface area contributed by atoms with E-state index >= 15 is 0 Å². The normalized spacial score (nSPS) is 16.5. The molecule has 1 aliphatic rings. The average molecular weight is 400 g/mol. The Morgan fingerprint density at radius 2 is 1.87 bits per heavy atom. The molecule has 1 amide bonds. The van der Waals surface area contributed by atoms with E-state index in [0.717, 1.165) is 10.8 Å². The van der Waals surface area contributed by atoms with Crippen molar-refractivity contribution in [3.63, 3.8) is 0 Å². The lowest BCUT2D eigenvalue weighted by Gasteiger charge is -2.33. The van der Waals surface area contributed by atoms with Crippen molar-refractivity contribution in [2.45, 2.75) is 5.16 Å². The highest BCUT2D eigenvalue weighted by Crippen LogP contribution is 2.20. The summed E-state index contributed by atoms with van der Waals surface area (Å²) < 4.78 is 26.7. The predicted octanol–water partition coefficient (Wildman–Crippen LogP) is 0.714. The van der Waals surface area contributed by atoms with Gasteiger partial charge in [0.05, 0.1) is 5.56 Å². The highest BCUT2D eigenvalue weighted by atomic mass is 79.9. The Morgan fingerprint density at radius 1 is 1.17 bits per heavy atom. The van der Waals surface area contributed by atoms with E-state index < -0.39 is 10.0 Å². The van der Waals surface area contributed by atoms with Gasteiger partial charge in [0.25, 0.3) is 21.1 Å². The number of rotatable bonds is 3. The van der Waals surface area contributed by atoms with Crippen LogP contribution in [0, 0.1) is 0 Å². The van der Waals surface area contributed by atoms with Crippen LogP contribution in [-0.2, 0) is 10.0 Å². The van der Waals surface area contributed by atoms with Gasteiger partial charge in [-0.15, -0.1) is 0 Å². The number of nitrogens with one attached hydrogen (secondary N) is 1. The van der Waals surface area contributed by atoms with E-state index in [1.165, 1.54) is 4.31 Å². The number of halogens is 1. The molecule has 10 heteroatoms. The van der Waals surface area contributed by atoms with Crippen molar-refractivity contribution < 1.29 is 13.2 Å². The number of nitrogens with zero attached hydrogens (tertiary/aromatic N) is 4. The Balaban J connectivity index is 1.70. The van der Waals surface area contributed by atoms with Crippen molar-refractivity contribution in [2.75, 3.05) is 26.2 Å². The molecule has 122 valence electrons. The third-order valence-electron chi connectivity index (χ3n) is 3.61. The highest BCUT2D eigenvalue weighted by Gasteiger charge is 2.32. The van der Waals surface area contributed by atoms with Gasteiger partial charge in [-0.05, 0) is 28.1 Å². The number of aromatic amines is 1. The number of carbonyl (C=O) groups is 1. The van der Waals surface area contributed by atoms with Crippen LogP contribution < -0.4 is 0 Å². The van der Waals surface area contributed by atoms with Gasteiger partial charge in [-0.2, -0.15) is 9.40 Å². The molecule has 2 heterocycles. The first-order valence-corrected chi connectivity index (χ1v) is 9.13. The van der Waals surface area contributed by atoms with Crippen LogP contribution in [0.5, 0.6) is 0 Å². The molecule has 1 N–H and O–H groups in total. The van der Waals surface area contributed by atoms with Crippen molar-refractivity contribution in [3.8, 4) is 0 Å². The maximum atomic E-state index is 12.5. The number of carbonyl (C=O) groups excluding carboxylic acids is 1. The minimum absolute atomic E-state index is 0.116. The Labute approximate surface area is 141 Å². The molecule has 0 bridgehead atoms. The van der Waals surface area contributed by atoms with Gasteiger partial charge in [0.1, 0.15) is 6.33 Å². The summed E-state index contributed by atoms with van der Waals surface area (Å²) >= 11 is 3.36. The van der Waals surface area contributed by atoms with Crippen molar-refractivity contribution in [1.82, 2.24) is 24.4 Å². The number of amides is 1. The number of hydrogen-bond donors (Lipinski definition) is 1. The number of hydrogen-bond acceptors (Lipinski definition) is 5. The van der Waals surface area contributed by atoms with Gasteiger partial charge in [-0.3, -0.25) is 4.79 Å². The lowest BCUT2D eigenvalue weighted by atomic mass is 10.2. The lowest BCUT2D eigenvalue weighted by Crippen LogP contribution is -2.50. The highest BCUT2D eigenvalue weighted by molar-refractivity contribution is 9.10. The summed E-state index contributed by atoms with van der Waals surface area (Å²) in [5.74, 6) is -0.116. The van der Waals surface area contributed by atoms with Gasteiger partial charge in [0, 0.05) is 30.7 Å². The zero-order valence-corrected chi connectivity index (χ0v) is 14.4. The summed E-state index contributed by atoms with van der Waals surface area (Å²) in [6, 6.07) is 7.17. The maximum absolute atomic E-state index is 12.5. The van der Waals surface area contributed by atoms with E-state index in [9.17, 15) is 13.2 Å². The van der Waals surface area contributed by atoms with Crippen LogP contribution in [0.25, 0.3) is 0 Å². The van der Waals surface area contributed by atoms with Crippen LogP contribution in [0.2, 0.25) is 0 Å². The molecule has 0 unspecified atom stereocenters. The third-order valence-corrected chi connectivity index (χ3v) is 6.03. The van der Waals surface area contributed by atoms with E-state index in [-0.39, 0.29) is 24.2 Å². The van der Waals surface area contributed by atoms with Gasteiger partial charge >= 0.3 is 0 Å². The molecule has 1 aliphatic heterocycles. The number of benzene rings is 1. The summed E-state index contributed by atoms with van der Waals surface area (Å²) in [6.45, 7) is 1.10. The second-order valence-corrected chi connectivity index (χ2v) is 7.67. The Bertz CT molecular complexity index is 801. The van der Waals surface area contributed by atoms with Crippen molar-refractivity contribution >= 4 is 31.9 Å². The fourth-order valence-electron chi connectivity index (χ4n) is 2.38. The summed E-state index contributed by atoms with van der Waals surface area (Å²) in [6.07, 6.45) is 1.15. The zero-order chi connectivity index (χ0) is 16.4. The summed E-state index contributed by atoms with van der Waals surface area (Å²) in [7, 11) is -3.68. The quantitative estimate of drug-likeness (QED) is 0.819. The molecule has 0 radical (unpaired) electrons. The molecular weight excluding hydrogens is 386 g/mol. The van der Waals surface area contributed by atoms with E-state index in [1.807, 2.05) is 6.07 Å².